The van der Waals surface area contributed by atoms with Gasteiger partial charge in [-0.25, -0.2) is 21.6 Å². The number of anilines is 2. The number of amides is 1. The lowest BCUT2D eigenvalue weighted by atomic mass is 9.94. The van der Waals surface area contributed by atoms with Gasteiger partial charge >= 0.3 is 11.7 Å². The Morgan fingerprint density at radius 1 is 0.758 bits per heavy atom. The summed E-state index contributed by atoms with van der Waals surface area (Å²) in [7, 11) is -11.0. The second-order valence-electron chi connectivity index (χ2n) is 16.0. The summed E-state index contributed by atoms with van der Waals surface area (Å²) in [5, 5.41) is 2.96. The highest BCUT2D eigenvalue weighted by atomic mass is 32.2. The van der Waals surface area contributed by atoms with E-state index in [4.69, 9.17) is 9.47 Å². The number of sulfone groups is 1. The lowest BCUT2D eigenvalue weighted by molar-refractivity contribution is -0.137. The van der Waals surface area contributed by atoms with E-state index in [9.17, 15) is 48.0 Å². The zero-order valence-electron chi connectivity index (χ0n) is 35.6. The van der Waals surface area contributed by atoms with Crippen LogP contribution in [0.5, 0.6) is 0 Å². The summed E-state index contributed by atoms with van der Waals surface area (Å²) < 4.78 is 148. The molecule has 0 radical (unpaired) electrons. The predicted molar refractivity (Wildman–Crippen MR) is 240 cm³/mol. The Morgan fingerprint density at radius 3 is 2.09 bits per heavy atom. The van der Waals surface area contributed by atoms with E-state index in [0.29, 0.717) is 103 Å². The molecule has 0 aliphatic carbocycles. The number of rotatable bonds is 16. The number of piperazine rings is 1. The van der Waals surface area contributed by atoms with Gasteiger partial charge in [0.25, 0.3) is 25.8 Å². The zero-order chi connectivity index (χ0) is 47.1. The third-order valence-corrected chi connectivity index (χ3v) is 15.6. The topological polar surface area (TPSA) is 138 Å². The average Bonchev–Trinajstić information content (AvgIpc) is 3.30. The lowest BCUT2D eigenvalue weighted by Crippen LogP contribution is -2.47. The molecule has 356 valence electrons. The minimum atomic E-state index is -6.09. The van der Waals surface area contributed by atoms with Crippen LogP contribution < -0.4 is 14.9 Å². The Labute approximate surface area is 384 Å². The van der Waals surface area contributed by atoms with Crippen LogP contribution in [0, 0.1) is 0 Å². The number of sulfonamides is 1. The van der Waals surface area contributed by atoms with Crippen LogP contribution in [0.25, 0.3) is 5.57 Å². The van der Waals surface area contributed by atoms with E-state index in [1.54, 1.807) is 12.1 Å². The predicted octanol–water partition coefficient (Wildman–Crippen LogP) is 7.41. The summed E-state index contributed by atoms with van der Waals surface area (Å²) in [6.07, 6.45) is -3.42. The molecular weight excluding hydrogens is 933 g/mol. The van der Waals surface area contributed by atoms with Crippen LogP contribution in [-0.2, 0) is 35.5 Å². The van der Waals surface area contributed by atoms with Crippen molar-refractivity contribution in [3.8, 4) is 0 Å². The molecule has 1 amide bonds. The molecule has 2 saturated heterocycles. The molecule has 4 aromatic rings. The Balaban J connectivity index is 1.00. The van der Waals surface area contributed by atoms with Crippen LogP contribution in [0.4, 0.5) is 37.7 Å². The van der Waals surface area contributed by atoms with Crippen LogP contribution >= 0.6 is 11.8 Å². The molecule has 21 heteroatoms. The number of nitrogens with one attached hydrogen (secondary N) is 2. The molecule has 7 rings (SSSR count). The number of alkyl halides is 6. The SMILES string of the molecule is O=C(NS(=O)(=O)c1ccc(N[C@H](CCN2CCOCC2)CSc2ccccc2)c(S(=O)(=O)C(F)(F)F)c1)c1ccc(N2CCN(CC3=C(c4ccc(C(F)(F)F)cc4)CCOC3)CC2)cc1. The first-order valence-electron chi connectivity index (χ1n) is 21.2. The van der Waals surface area contributed by atoms with Gasteiger partial charge in [0.1, 0.15) is 4.90 Å². The van der Waals surface area contributed by atoms with Crippen LogP contribution in [0.1, 0.15) is 34.3 Å². The Hall–Kier alpha value is -4.64. The number of halogens is 6. The molecule has 12 nitrogen and oxygen atoms in total. The quantitative estimate of drug-likeness (QED) is 0.0855. The van der Waals surface area contributed by atoms with Crippen molar-refractivity contribution in [2.45, 2.75) is 45.3 Å². The number of thioether (sulfide) groups is 1. The van der Waals surface area contributed by atoms with Crippen molar-refractivity contribution in [2.75, 3.05) is 94.8 Å². The highest BCUT2D eigenvalue weighted by Crippen LogP contribution is 2.37. The van der Waals surface area contributed by atoms with Gasteiger partial charge in [-0.1, -0.05) is 30.3 Å². The first-order valence-corrected chi connectivity index (χ1v) is 25.1. The van der Waals surface area contributed by atoms with Crippen LogP contribution in [0.2, 0.25) is 0 Å². The number of ether oxygens (including phenoxy) is 2. The van der Waals surface area contributed by atoms with Gasteiger partial charge in [0.05, 0.1) is 42.6 Å². The lowest BCUT2D eigenvalue weighted by Gasteiger charge is -2.37. The van der Waals surface area contributed by atoms with Gasteiger partial charge in [-0.2, -0.15) is 26.3 Å². The monoisotopic (exact) mass is 981 g/mol. The van der Waals surface area contributed by atoms with Crippen molar-refractivity contribution >= 4 is 54.5 Å². The molecule has 0 aromatic heterocycles. The molecule has 3 aliphatic heterocycles. The molecular formula is C45H49F6N5O7S3. The maximum absolute atomic E-state index is 14.2. The zero-order valence-corrected chi connectivity index (χ0v) is 38.1. The number of hydrogen-bond acceptors (Lipinski definition) is 12. The summed E-state index contributed by atoms with van der Waals surface area (Å²) in [6, 6.07) is 22.3. The third-order valence-electron chi connectivity index (χ3n) is 11.6. The Kier molecular flexibility index (Phi) is 15.8. The largest absolute Gasteiger partial charge is 0.501 e. The summed E-state index contributed by atoms with van der Waals surface area (Å²) in [6.45, 7) is 6.82. The molecule has 3 aliphatic rings. The van der Waals surface area contributed by atoms with Crippen LogP contribution in [0.15, 0.2) is 117 Å². The average molecular weight is 982 g/mol. The molecule has 4 aromatic carbocycles. The summed E-state index contributed by atoms with van der Waals surface area (Å²) in [5.74, 6) is -0.737. The highest BCUT2D eigenvalue weighted by molar-refractivity contribution is 7.99. The molecule has 3 heterocycles. The molecule has 0 unspecified atom stereocenters. The van der Waals surface area contributed by atoms with Crippen molar-refractivity contribution in [1.29, 1.82) is 0 Å². The second-order valence-corrected chi connectivity index (χ2v) is 20.7. The molecule has 66 heavy (non-hydrogen) atoms. The number of carbonyl (C=O) groups excluding carboxylic acids is 1. The first kappa shape index (κ1) is 49.3. The fourth-order valence-corrected chi connectivity index (χ4v) is 10.9. The fraction of sp³-hybridized carbons (Fsp3) is 0.400. The van der Waals surface area contributed by atoms with E-state index in [0.717, 1.165) is 51.6 Å². The Morgan fingerprint density at radius 2 is 1.44 bits per heavy atom. The molecule has 1 atom stereocenters. The minimum Gasteiger partial charge on any atom is -0.380 e. The van der Waals surface area contributed by atoms with Gasteiger partial charge in [-0.15, -0.1) is 11.8 Å². The fourth-order valence-electron chi connectivity index (χ4n) is 7.91. The molecule has 2 N–H and O–H groups in total. The normalized spacial score (nSPS) is 17.7. The highest BCUT2D eigenvalue weighted by Gasteiger charge is 2.48. The van der Waals surface area contributed by atoms with Gasteiger partial charge in [-0.3, -0.25) is 14.6 Å². The van der Waals surface area contributed by atoms with Crippen LogP contribution in [-0.4, -0.2) is 129 Å². The van der Waals surface area contributed by atoms with Gasteiger partial charge in [0.2, 0.25) is 0 Å². The van der Waals surface area contributed by atoms with Gasteiger partial charge < -0.3 is 19.7 Å². The first-order chi connectivity index (χ1) is 31.4. The number of carbonyl (C=O) groups is 1. The Bertz CT molecular complexity index is 2550. The number of benzene rings is 4. The third kappa shape index (κ3) is 12.5. The van der Waals surface area contributed by atoms with Crippen molar-refractivity contribution in [3.05, 3.63) is 119 Å². The number of nitrogens with zero attached hydrogens (tertiary/aromatic N) is 3. The van der Waals surface area contributed by atoms with Gasteiger partial charge in [0, 0.05) is 80.3 Å². The van der Waals surface area contributed by atoms with Crippen molar-refractivity contribution in [1.82, 2.24) is 14.5 Å². The van der Waals surface area contributed by atoms with E-state index in [1.807, 2.05) is 35.1 Å². The molecule has 2 fully saturated rings. The second kappa shape index (κ2) is 21.1. The summed E-state index contributed by atoms with van der Waals surface area (Å²) >= 11 is 1.43. The van der Waals surface area contributed by atoms with E-state index in [1.165, 1.54) is 36.0 Å². The van der Waals surface area contributed by atoms with E-state index in [-0.39, 0.29) is 5.56 Å². The molecule has 0 bridgehead atoms. The van der Waals surface area contributed by atoms with E-state index >= 15 is 0 Å². The van der Waals surface area contributed by atoms with Crippen LogP contribution in [0.3, 0.4) is 0 Å². The summed E-state index contributed by atoms with van der Waals surface area (Å²) in [5.41, 5.74) is -3.52. The molecule has 0 spiro atoms. The number of morpholine rings is 1. The van der Waals surface area contributed by atoms with Crippen molar-refractivity contribution < 1.29 is 57.4 Å². The van der Waals surface area contributed by atoms with Crippen molar-refractivity contribution in [2.24, 2.45) is 0 Å². The summed E-state index contributed by atoms with van der Waals surface area (Å²) in [4.78, 5) is 18.5. The number of hydrogen-bond donors (Lipinski definition) is 2. The van der Waals surface area contributed by atoms with Gasteiger partial charge in [-0.05, 0) is 96.3 Å². The standard InChI is InChI=1S/C45H49F6N5O7S3/c46-44(47,48)35-10-6-32(7-11-35)40-17-25-63-30-34(40)29-55-19-21-56(22-20-55)37-12-8-33(9-13-37)43(57)53-66(60,61)39-14-15-41(42(28-39)65(58,59)45(49,50)51)52-36(16-18-54-23-26-62-27-24-54)31-64-38-4-2-1-3-5-38/h1-15,28,36,52H,16-27,29-31H2,(H,53,57)/t36-/m1/s1. The maximum Gasteiger partial charge on any atom is 0.501 e. The van der Waals surface area contributed by atoms with Gasteiger partial charge in [0.15, 0.2) is 0 Å². The van der Waals surface area contributed by atoms with E-state index in [2.05, 4.69) is 20.0 Å². The van der Waals surface area contributed by atoms with E-state index < -0.39 is 64.5 Å². The minimum absolute atomic E-state index is 0.0681. The maximum atomic E-state index is 14.2. The smallest absolute Gasteiger partial charge is 0.380 e. The van der Waals surface area contributed by atoms with Crippen molar-refractivity contribution in [3.63, 3.8) is 0 Å². The molecule has 0 saturated carbocycles.